The first kappa shape index (κ1) is 5.42. The Bertz CT molecular complexity index is 276. The summed E-state index contributed by atoms with van der Waals surface area (Å²) in [5.41, 5.74) is 2.50. The molecule has 2 rings (SSSR count). The highest BCUT2D eigenvalue weighted by Gasteiger charge is 1.95. The summed E-state index contributed by atoms with van der Waals surface area (Å²) in [6, 6.07) is 10.2. The van der Waals surface area contributed by atoms with Crippen LogP contribution in [-0.2, 0) is 0 Å². The minimum Gasteiger partial charge on any atom is -0.265 e. The van der Waals surface area contributed by atoms with Gasteiger partial charge in [0.1, 0.15) is 0 Å². The average molecular weight is 129 g/mol. The molecule has 0 aromatic carbocycles. The molecule has 1 nitrogen and oxygen atoms in total. The fraction of sp³-hybridized carbons (Fsp3) is 0. The van der Waals surface area contributed by atoms with Crippen LogP contribution in [-0.4, -0.2) is 4.98 Å². The smallest absolute Gasteiger partial charge is 0.0273 e. The lowest BCUT2D eigenvalue weighted by Gasteiger charge is -1.85. The Morgan fingerprint density at radius 3 is 2.00 bits per heavy atom. The molecular formula is C9H7N. The van der Waals surface area contributed by atoms with Crippen LogP contribution in [0.4, 0.5) is 0 Å². The predicted octanol–water partition coefficient (Wildman–Crippen LogP) is 2.19. The molecule has 0 saturated heterocycles. The zero-order valence-electron chi connectivity index (χ0n) is 5.49. The molecule has 1 aliphatic heterocycles. The molecule has 0 aromatic heterocycles. The van der Waals surface area contributed by atoms with Crippen molar-refractivity contribution in [2.45, 2.75) is 0 Å². The first-order valence-corrected chi connectivity index (χ1v) is 3.25. The summed E-state index contributed by atoms with van der Waals surface area (Å²) < 4.78 is 0. The fourth-order valence-electron chi connectivity index (χ4n) is 1.05. The third kappa shape index (κ3) is 0.760. The van der Waals surface area contributed by atoms with Gasteiger partial charge in [-0.2, -0.15) is 0 Å². The van der Waals surface area contributed by atoms with Gasteiger partial charge in [0.15, 0.2) is 0 Å². The molecule has 0 N–H and O–H groups in total. The Labute approximate surface area is 59.7 Å². The summed E-state index contributed by atoms with van der Waals surface area (Å²) in [5.74, 6) is 0. The monoisotopic (exact) mass is 129 g/mol. The fourth-order valence-corrected chi connectivity index (χ4v) is 1.05. The molecule has 0 atom stereocenters. The molecule has 0 saturated carbocycles. The Balaban J connectivity index is 2.74. The van der Waals surface area contributed by atoms with E-state index >= 15 is 0 Å². The zero-order chi connectivity index (χ0) is 6.81. The molecule has 0 fully saturated rings. The standard InChI is InChI=1S/C9H7N/c1-2-8-4-6-10-7-5-9(8)3-1/h1-7H. The van der Waals surface area contributed by atoms with Gasteiger partial charge in [-0.1, -0.05) is 18.2 Å². The van der Waals surface area contributed by atoms with Gasteiger partial charge < -0.3 is 0 Å². The van der Waals surface area contributed by atoms with Crippen molar-refractivity contribution in [2.24, 2.45) is 0 Å². The van der Waals surface area contributed by atoms with Crippen LogP contribution in [0.15, 0.2) is 42.7 Å². The Morgan fingerprint density at radius 2 is 1.40 bits per heavy atom. The van der Waals surface area contributed by atoms with Crippen LogP contribution in [0, 0.1) is 0 Å². The van der Waals surface area contributed by atoms with E-state index in [4.69, 9.17) is 0 Å². The van der Waals surface area contributed by atoms with Gasteiger partial charge in [0.05, 0.1) is 0 Å². The van der Waals surface area contributed by atoms with E-state index in [2.05, 4.69) is 17.1 Å². The second-order valence-electron chi connectivity index (χ2n) is 2.22. The van der Waals surface area contributed by atoms with Gasteiger partial charge in [0, 0.05) is 12.4 Å². The SMILES string of the molecule is c1cc2ccnccc-2c1. The van der Waals surface area contributed by atoms with Crippen LogP contribution in [0.2, 0.25) is 0 Å². The number of aromatic nitrogens is 1. The summed E-state index contributed by atoms with van der Waals surface area (Å²) in [6.45, 7) is 0. The molecule has 2 aliphatic rings. The molecule has 1 aliphatic carbocycles. The maximum absolute atomic E-state index is 4.00. The lowest BCUT2D eigenvalue weighted by molar-refractivity contribution is 1.37. The number of rotatable bonds is 0. The van der Waals surface area contributed by atoms with Crippen molar-refractivity contribution in [1.82, 2.24) is 4.98 Å². The van der Waals surface area contributed by atoms with E-state index in [0.29, 0.717) is 0 Å². The van der Waals surface area contributed by atoms with E-state index in [1.54, 1.807) is 0 Å². The Morgan fingerprint density at radius 1 is 0.800 bits per heavy atom. The second-order valence-corrected chi connectivity index (χ2v) is 2.22. The van der Waals surface area contributed by atoms with Gasteiger partial charge in [0.2, 0.25) is 0 Å². The lowest BCUT2D eigenvalue weighted by atomic mass is 10.2. The highest BCUT2D eigenvalue weighted by molar-refractivity contribution is 5.64. The number of fused-ring (bicyclic) bond motifs is 1. The normalized spacial score (nSPS) is 10.0. The van der Waals surface area contributed by atoms with Crippen LogP contribution >= 0.6 is 0 Å². The van der Waals surface area contributed by atoms with E-state index in [0.717, 1.165) is 0 Å². The van der Waals surface area contributed by atoms with E-state index in [-0.39, 0.29) is 0 Å². The zero-order valence-corrected chi connectivity index (χ0v) is 5.49. The largest absolute Gasteiger partial charge is 0.265 e. The number of hydrogen-bond acceptors (Lipinski definition) is 1. The third-order valence-electron chi connectivity index (χ3n) is 1.57. The molecule has 0 aromatic rings. The van der Waals surface area contributed by atoms with Crippen molar-refractivity contribution >= 4 is 0 Å². The molecule has 0 spiro atoms. The van der Waals surface area contributed by atoms with Crippen LogP contribution in [0.1, 0.15) is 0 Å². The van der Waals surface area contributed by atoms with Crippen molar-refractivity contribution in [3.8, 4) is 11.1 Å². The predicted molar refractivity (Wildman–Crippen MR) is 40.9 cm³/mol. The molecular weight excluding hydrogens is 122 g/mol. The van der Waals surface area contributed by atoms with Gasteiger partial charge in [0.25, 0.3) is 0 Å². The minimum absolute atomic E-state index is 1.25. The number of hydrogen-bond donors (Lipinski definition) is 0. The molecule has 0 radical (unpaired) electrons. The molecule has 1 heterocycles. The van der Waals surface area contributed by atoms with Crippen LogP contribution in [0.25, 0.3) is 11.1 Å². The highest BCUT2D eigenvalue weighted by atomic mass is 14.6. The molecule has 0 unspecified atom stereocenters. The highest BCUT2D eigenvalue weighted by Crippen LogP contribution is 2.19. The number of nitrogens with zero attached hydrogens (tertiary/aromatic N) is 1. The molecule has 0 amide bonds. The molecule has 0 bridgehead atoms. The summed E-state index contributed by atoms with van der Waals surface area (Å²) in [7, 11) is 0. The van der Waals surface area contributed by atoms with Gasteiger partial charge in [-0.3, -0.25) is 4.98 Å². The maximum Gasteiger partial charge on any atom is 0.0273 e. The van der Waals surface area contributed by atoms with Crippen molar-refractivity contribution in [2.75, 3.05) is 0 Å². The summed E-state index contributed by atoms with van der Waals surface area (Å²) in [6.07, 6.45) is 3.62. The minimum atomic E-state index is 1.25. The van der Waals surface area contributed by atoms with E-state index < -0.39 is 0 Å². The Kier molecular flexibility index (Phi) is 1.14. The van der Waals surface area contributed by atoms with Gasteiger partial charge in [-0.15, -0.1) is 0 Å². The van der Waals surface area contributed by atoms with Crippen molar-refractivity contribution in [1.29, 1.82) is 0 Å². The van der Waals surface area contributed by atoms with E-state index in [1.165, 1.54) is 11.1 Å². The van der Waals surface area contributed by atoms with Crippen molar-refractivity contribution in [3.63, 3.8) is 0 Å². The van der Waals surface area contributed by atoms with Gasteiger partial charge >= 0.3 is 0 Å². The van der Waals surface area contributed by atoms with Gasteiger partial charge in [-0.25, -0.2) is 0 Å². The Hall–Kier alpha value is -1.37. The topological polar surface area (TPSA) is 12.9 Å². The maximum atomic E-state index is 4.00. The summed E-state index contributed by atoms with van der Waals surface area (Å²) >= 11 is 0. The van der Waals surface area contributed by atoms with Crippen LogP contribution in [0.3, 0.4) is 0 Å². The quantitative estimate of drug-likeness (QED) is 0.531. The second kappa shape index (κ2) is 2.10. The molecule has 1 heteroatoms. The van der Waals surface area contributed by atoms with Crippen LogP contribution in [0.5, 0.6) is 0 Å². The molecule has 48 valence electrons. The summed E-state index contributed by atoms with van der Waals surface area (Å²) in [5, 5.41) is 0. The molecule has 10 heavy (non-hydrogen) atoms. The van der Waals surface area contributed by atoms with Crippen LogP contribution < -0.4 is 0 Å². The van der Waals surface area contributed by atoms with E-state index in [1.807, 2.05) is 30.6 Å². The first-order chi connectivity index (χ1) is 4.97. The third-order valence-corrected chi connectivity index (χ3v) is 1.57. The first-order valence-electron chi connectivity index (χ1n) is 3.25. The average Bonchev–Trinajstić information content (AvgIpc) is 2.28. The van der Waals surface area contributed by atoms with Crippen molar-refractivity contribution < 1.29 is 0 Å². The van der Waals surface area contributed by atoms with Gasteiger partial charge in [-0.05, 0) is 23.3 Å². The van der Waals surface area contributed by atoms with Crippen molar-refractivity contribution in [3.05, 3.63) is 42.7 Å². The van der Waals surface area contributed by atoms with E-state index in [9.17, 15) is 0 Å². The lowest BCUT2D eigenvalue weighted by Crippen LogP contribution is -1.59. The summed E-state index contributed by atoms with van der Waals surface area (Å²) in [4.78, 5) is 4.00.